The number of methoxy groups -OCH3 is 1. The number of hydrogen-bond acceptors (Lipinski definition) is 2. The summed E-state index contributed by atoms with van der Waals surface area (Å²) in [5.74, 6) is -0.0901. The van der Waals surface area contributed by atoms with Gasteiger partial charge in [-0.2, -0.15) is 0 Å². The molecule has 0 aliphatic carbocycles. The summed E-state index contributed by atoms with van der Waals surface area (Å²) in [5, 5.41) is 0. The number of hydrogen-bond donors (Lipinski definition) is 0. The Hall–Kier alpha value is -1.31. The van der Waals surface area contributed by atoms with Crippen molar-refractivity contribution < 1.29 is 9.53 Å². The average Bonchev–Trinajstić information content (AvgIpc) is 2.47. The Morgan fingerprint density at radius 2 is 1.45 bits per heavy atom. The van der Waals surface area contributed by atoms with Crippen molar-refractivity contribution in [2.75, 3.05) is 7.11 Å². The molecule has 0 atom stereocenters. The number of carbonyl (C=O) groups is 1. The molecule has 0 saturated heterocycles. The normalized spacial score (nSPS) is 11.9. The van der Waals surface area contributed by atoms with E-state index in [-0.39, 0.29) is 5.97 Å². The Balaban J connectivity index is 3.29. The van der Waals surface area contributed by atoms with Gasteiger partial charge in [-0.1, -0.05) is 69.1 Å². The molecule has 20 heavy (non-hydrogen) atoms. The lowest BCUT2D eigenvalue weighted by Crippen LogP contribution is -1.98. The Labute approximate surface area is 124 Å². The molecule has 0 saturated carbocycles. The third-order valence-corrected chi connectivity index (χ3v) is 3.04. The second-order valence-electron chi connectivity index (χ2n) is 4.91. The van der Waals surface area contributed by atoms with Crippen LogP contribution < -0.4 is 0 Å². The summed E-state index contributed by atoms with van der Waals surface area (Å²) in [4.78, 5) is 10.9. The Morgan fingerprint density at radius 1 is 0.850 bits per heavy atom. The summed E-state index contributed by atoms with van der Waals surface area (Å²) in [6.07, 6.45) is 22.6. The van der Waals surface area contributed by atoms with Gasteiger partial charge in [-0.3, -0.25) is 4.79 Å². The maximum Gasteiger partial charge on any atom is 0.305 e. The predicted octanol–water partition coefficient (Wildman–Crippen LogP) is 5.36. The molecule has 114 valence electrons. The third-order valence-electron chi connectivity index (χ3n) is 3.04. The number of unbranched alkanes of at least 4 members (excludes halogenated alkanes) is 6. The van der Waals surface area contributed by atoms with E-state index in [9.17, 15) is 4.79 Å². The van der Waals surface area contributed by atoms with E-state index in [0.29, 0.717) is 6.42 Å². The zero-order valence-corrected chi connectivity index (χ0v) is 13.1. The highest BCUT2D eigenvalue weighted by Gasteiger charge is 1.98. The SMILES string of the molecule is CCC/C=C/C=C/C=C\CCCCCCCC(=O)OC. The van der Waals surface area contributed by atoms with Gasteiger partial charge in [0.25, 0.3) is 0 Å². The molecule has 0 aliphatic rings. The van der Waals surface area contributed by atoms with E-state index >= 15 is 0 Å². The van der Waals surface area contributed by atoms with Crippen molar-refractivity contribution >= 4 is 5.97 Å². The van der Waals surface area contributed by atoms with Gasteiger partial charge < -0.3 is 4.74 Å². The third kappa shape index (κ3) is 14.7. The molecule has 0 aromatic rings. The Morgan fingerprint density at radius 3 is 2.10 bits per heavy atom. The van der Waals surface area contributed by atoms with E-state index in [1.54, 1.807) is 0 Å². The van der Waals surface area contributed by atoms with E-state index in [4.69, 9.17) is 0 Å². The lowest BCUT2D eigenvalue weighted by molar-refractivity contribution is -0.140. The Bertz CT molecular complexity index is 301. The van der Waals surface area contributed by atoms with Crippen molar-refractivity contribution in [2.45, 2.75) is 64.7 Å². The summed E-state index contributed by atoms with van der Waals surface area (Å²) in [6.45, 7) is 2.18. The molecule has 0 aromatic carbocycles. The van der Waals surface area contributed by atoms with Crippen LogP contribution in [-0.2, 0) is 9.53 Å². The molecule has 0 radical (unpaired) electrons. The largest absolute Gasteiger partial charge is 0.469 e. The minimum Gasteiger partial charge on any atom is -0.469 e. The summed E-state index contributed by atoms with van der Waals surface area (Å²) < 4.78 is 4.60. The van der Waals surface area contributed by atoms with Crippen molar-refractivity contribution in [2.24, 2.45) is 0 Å². The molecule has 0 aromatic heterocycles. The average molecular weight is 278 g/mol. The number of esters is 1. The minimum absolute atomic E-state index is 0.0901. The van der Waals surface area contributed by atoms with Crippen molar-refractivity contribution in [3.63, 3.8) is 0 Å². The first-order valence-corrected chi connectivity index (χ1v) is 7.86. The smallest absolute Gasteiger partial charge is 0.305 e. The van der Waals surface area contributed by atoms with Gasteiger partial charge in [0.15, 0.2) is 0 Å². The van der Waals surface area contributed by atoms with Gasteiger partial charge in [-0.15, -0.1) is 0 Å². The number of rotatable bonds is 12. The molecule has 0 N–H and O–H groups in total. The fourth-order valence-corrected chi connectivity index (χ4v) is 1.81. The van der Waals surface area contributed by atoms with Crippen LogP contribution in [0.25, 0.3) is 0 Å². The van der Waals surface area contributed by atoms with Gasteiger partial charge in [0.05, 0.1) is 7.11 Å². The lowest BCUT2D eigenvalue weighted by atomic mass is 10.1. The second kappa shape index (κ2) is 15.7. The maximum atomic E-state index is 10.9. The highest BCUT2D eigenvalue weighted by molar-refractivity contribution is 5.68. The zero-order chi connectivity index (χ0) is 14.9. The van der Waals surface area contributed by atoms with Crippen molar-refractivity contribution in [1.82, 2.24) is 0 Å². The first-order valence-electron chi connectivity index (χ1n) is 7.86. The molecule has 2 heteroatoms. The van der Waals surface area contributed by atoms with E-state index in [0.717, 1.165) is 25.7 Å². The fraction of sp³-hybridized carbons (Fsp3) is 0.611. The Kier molecular flexibility index (Phi) is 14.7. The van der Waals surface area contributed by atoms with Gasteiger partial charge in [-0.25, -0.2) is 0 Å². The molecule has 2 nitrogen and oxygen atoms in total. The highest BCUT2D eigenvalue weighted by Crippen LogP contribution is 2.08. The molecule has 0 heterocycles. The van der Waals surface area contributed by atoms with Crippen LogP contribution in [0.1, 0.15) is 64.7 Å². The molecule has 0 amide bonds. The molecule has 0 rings (SSSR count). The first-order chi connectivity index (χ1) is 9.81. The number of carbonyl (C=O) groups excluding carboxylic acids is 1. The number of allylic oxidation sites excluding steroid dienone is 6. The molecule has 0 bridgehead atoms. The second-order valence-corrected chi connectivity index (χ2v) is 4.91. The fourth-order valence-electron chi connectivity index (χ4n) is 1.81. The summed E-state index contributed by atoms with van der Waals surface area (Å²) >= 11 is 0. The van der Waals surface area contributed by atoms with Crippen LogP contribution in [-0.4, -0.2) is 13.1 Å². The van der Waals surface area contributed by atoms with E-state index in [1.165, 1.54) is 32.8 Å². The topological polar surface area (TPSA) is 26.3 Å². The predicted molar refractivity (Wildman–Crippen MR) is 86.7 cm³/mol. The summed E-state index contributed by atoms with van der Waals surface area (Å²) in [7, 11) is 1.45. The van der Waals surface area contributed by atoms with Crippen LogP contribution in [0.3, 0.4) is 0 Å². The molecule has 0 spiro atoms. The maximum absolute atomic E-state index is 10.9. The monoisotopic (exact) mass is 278 g/mol. The van der Waals surface area contributed by atoms with Crippen LogP contribution in [0, 0.1) is 0 Å². The zero-order valence-electron chi connectivity index (χ0n) is 13.1. The van der Waals surface area contributed by atoms with Gasteiger partial charge in [-0.05, 0) is 25.7 Å². The van der Waals surface area contributed by atoms with Crippen LogP contribution in [0.15, 0.2) is 36.5 Å². The van der Waals surface area contributed by atoms with E-state index in [2.05, 4.69) is 48.1 Å². The van der Waals surface area contributed by atoms with Crippen LogP contribution in [0.4, 0.5) is 0 Å². The minimum atomic E-state index is -0.0901. The number of ether oxygens (including phenoxy) is 1. The molecule has 0 aliphatic heterocycles. The van der Waals surface area contributed by atoms with Crippen LogP contribution in [0.5, 0.6) is 0 Å². The van der Waals surface area contributed by atoms with Crippen molar-refractivity contribution in [3.8, 4) is 0 Å². The molecular formula is C18H30O2. The van der Waals surface area contributed by atoms with Crippen molar-refractivity contribution in [3.05, 3.63) is 36.5 Å². The molecular weight excluding hydrogens is 248 g/mol. The lowest BCUT2D eigenvalue weighted by Gasteiger charge is -1.99. The quantitative estimate of drug-likeness (QED) is 0.273. The van der Waals surface area contributed by atoms with Gasteiger partial charge >= 0.3 is 5.97 Å². The molecule has 0 fully saturated rings. The van der Waals surface area contributed by atoms with E-state index in [1.807, 2.05) is 0 Å². The van der Waals surface area contributed by atoms with E-state index < -0.39 is 0 Å². The van der Waals surface area contributed by atoms with Crippen molar-refractivity contribution in [1.29, 1.82) is 0 Å². The van der Waals surface area contributed by atoms with Gasteiger partial charge in [0, 0.05) is 6.42 Å². The van der Waals surface area contributed by atoms with Gasteiger partial charge in [0.1, 0.15) is 0 Å². The van der Waals surface area contributed by atoms with Gasteiger partial charge in [0.2, 0.25) is 0 Å². The van der Waals surface area contributed by atoms with Crippen LogP contribution in [0.2, 0.25) is 0 Å². The van der Waals surface area contributed by atoms with Crippen LogP contribution >= 0.6 is 0 Å². The highest BCUT2D eigenvalue weighted by atomic mass is 16.5. The summed E-state index contributed by atoms with van der Waals surface area (Å²) in [5.41, 5.74) is 0. The first kappa shape index (κ1) is 18.7. The standard InChI is InChI=1S/C18H30O2/c1-3-4-5-6-7-8-9-10-11-12-13-14-15-16-17-18(19)20-2/h5-10H,3-4,11-17H2,1-2H3/b6-5+,8-7+,10-9-. The summed E-state index contributed by atoms with van der Waals surface area (Å²) in [6, 6.07) is 0. The molecule has 0 unspecified atom stereocenters.